The molecule has 1 rings (SSSR count). The Kier molecular flexibility index (Phi) is 7.73. The molecule has 140 valence electrons. The quantitative estimate of drug-likeness (QED) is 0.680. The van der Waals surface area contributed by atoms with Gasteiger partial charge in [0.2, 0.25) is 0 Å². The standard InChI is InChI=1S/C18H26FNO4S/c1-17(2,3)24-16(23)20-12-18(15(21)22,9-6-10-25-4)13-7-5-8-14(19)11-13/h5,7-8,11H,6,9-10,12H2,1-4H3,(H,20,23)(H,21,22). The maximum Gasteiger partial charge on any atom is 0.407 e. The number of alkyl carbamates (subject to hydrolysis) is 1. The molecule has 7 heteroatoms. The Labute approximate surface area is 152 Å². The molecule has 0 bridgehead atoms. The summed E-state index contributed by atoms with van der Waals surface area (Å²) in [6.45, 7) is 5.00. The average molecular weight is 371 g/mol. The number of benzene rings is 1. The minimum atomic E-state index is -1.41. The molecule has 1 aromatic carbocycles. The molecule has 0 aliphatic rings. The van der Waals surface area contributed by atoms with Crippen LogP contribution in [0, 0.1) is 5.82 Å². The van der Waals surface area contributed by atoms with Gasteiger partial charge in [0.1, 0.15) is 16.8 Å². The summed E-state index contributed by atoms with van der Waals surface area (Å²) < 4.78 is 18.8. The zero-order chi connectivity index (χ0) is 19.1. The van der Waals surface area contributed by atoms with E-state index in [0.29, 0.717) is 12.0 Å². The maximum absolute atomic E-state index is 13.7. The highest BCUT2D eigenvalue weighted by molar-refractivity contribution is 7.98. The highest BCUT2D eigenvalue weighted by Gasteiger charge is 2.41. The Balaban J connectivity index is 3.08. The van der Waals surface area contributed by atoms with Crippen LogP contribution in [0.15, 0.2) is 24.3 Å². The van der Waals surface area contributed by atoms with E-state index in [2.05, 4.69) is 5.32 Å². The van der Waals surface area contributed by atoms with Gasteiger partial charge < -0.3 is 15.2 Å². The number of thioether (sulfide) groups is 1. The number of carbonyl (C=O) groups is 2. The molecule has 0 saturated heterocycles. The van der Waals surface area contributed by atoms with Crippen LogP contribution in [0.2, 0.25) is 0 Å². The van der Waals surface area contributed by atoms with E-state index in [9.17, 15) is 19.1 Å². The lowest BCUT2D eigenvalue weighted by molar-refractivity contribution is -0.144. The first-order valence-electron chi connectivity index (χ1n) is 8.06. The molecule has 0 aromatic heterocycles. The van der Waals surface area contributed by atoms with E-state index in [1.165, 1.54) is 18.2 Å². The van der Waals surface area contributed by atoms with Crippen molar-refractivity contribution in [1.29, 1.82) is 0 Å². The molecular formula is C18H26FNO4S. The van der Waals surface area contributed by atoms with Gasteiger partial charge in [-0.3, -0.25) is 4.79 Å². The fourth-order valence-electron chi connectivity index (χ4n) is 2.48. The highest BCUT2D eigenvalue weighted by atomic mass is 32.2. The lowest BCUT2D eigenvalue weighted by Crippen LogP contribution is -2.48. The van der Waals surface area contributed by atoms with Crippen molar-refractivity contribution in [2.75, 3.05) is 18.6 Å². The number of rotatable bonds is 8. The molecule has 1 aromatic rings. The maximum atomic E-state index is 13.7. The summed E-state index contributed by atoms with van der Waals surface area (Å²) in [5.74, 6) is -0.836. The lowest BCUT2D eigenvalue weighted by atomic mass is 9.76. The summed E-state index contributed by atoms with van der Waals surface area (Å²) in [7, 11) is 0. The fourth-order valence-corrected chi connectivity index (χ4v) is 2.92. The molecule has 1 unspecified atom stereocenters. The predicted octanol–water partition coefficient (Wildman–Crippen LogP) is 3.82. The third-order valence-corrected chi connectivity index (χ3v) is 4.37. The van der Waals surface area contributed by atoms with Gasteiger partial charge in [-0.15, -0.1) is 0 Å². The van der Waals surface area contributed by atoms with Crippen molar-refractivity contribution in [3.05, 3.63) is 35.6 Å². The third-order valence-electron chi connectivity index (χ3n) is 3.67. The number of carboxylic acid groups (broad SMARTS) is 1. The van der Waals surface area contributed by atoms with Crippen LogP contribution >= 0.6 is 11.8 Å². The van der Waals surface area contributed by atoms with Crippen LogP contribution in [0.1, 0.15) is 39.2 Å². The van der Waals surface area contributed by atoms with Crippen molar-refractivity contribution >= 4 is 23.8 Å². The van der Waals surface area contributed by atoms with Gasteiger partial charge in [0.05, 0.1) is 0 Å². The van der Waals surface area contributed by atoms with Gasteiger partial charge in [-0.1, -0.05) is 12.1 Å². The van der Waals surface area contributed by atoms with E-state index in [4.69, 9.17) is 4.74 Å². The van der Waals surface area contributed by atoms with Crippen LogP contribution in [0.4, 0.5) is 9.18 Å². The first kappa shape index (κ1) is 21.3. The van der Waals surface area contributed by atoms with Gasteiger partial charge in [0.25, 0.3) is 0 Å². The number of carbonyl (C=O) groups excluding carboxylic acids is 1. The number of carboxylic acids is 1. The van der Waals surface area contributed by atoms with Gasteiger partial charge in [-0.05, 0) is 63.3 Å². The summed E-state index contributed by atoms with van der Waals surface area (Å²) in [4.78, 5) is 24.1. The second kappa shape index (κ2) is 9.08. The summed E-state index contributed by atoms with van der Waals surface area (Å²) >= 11 is 1.61. The van der Waals surface area contributed by atoms with Crippen LogP contribution < -0.4 is 5.32 Å². The van der Waals surface area contributed by atoms with Crippen molar-refractivity contribution in [1.82, 2.24) is 5.32 Å². The largest absolute Gasteiger partial charge is 0.481 e. The Morgan fingerprint density at radius 2 is 2.00 bits per heavy atom. The molecule has 2 N–H and O–H groups in total. The molecule has 0 radical (unpaired) electrons. The zero-order valence-corrected chi connectivity index (χ0v) is 15.9. The van der Waals surface area contributed by atoms with E-state index in [1.807, 2.05) is 6.26 Å². The van der Waals surface area contributed by atoms with Crippen molar-refractivity contribution in [3.8, 4) is 0 Å². The van der Waals surface area contributed by atoms with Gasteiger partial charge >= 0.3 is 12.1 Å². The van der Waals surface area contributed by atoms with Crippen LogP contribution in [0.25, 0.3) is 0 Å². The van der Waals surface area contributed by atoms with Gasteiger partial charge in [-0.25, -0.2) is 9.18 Å². The molecular weight excluding hydrogens is 345 g/mol. The highest BCUT2D eigenvalue weighted by Crippen LogP contribution is 2.31. The second-order valence-corrected chi connectivity index (χ2v) is 7.84. The summed E-state index contributed by atoms with van der Waals surface area (Å²) in [5.41, 5.74) is -1.76. The Bertz CT molecular complexity index is 603. The second-order valence-electron chi connectivity index (χ2n) is 6.85. The Morgan fingerprint density at radius 1 is 1.32 bits per heavy atom. The van der Waals surface area contributed by atoms with Crippen LogP contribution in [0.3, 0.4) is 0 Å². The summed E-state index contributed by atoms with van der Waals surface area (Å²) in [6, 6.07) is 5.53. The smallest absolute Gasteiger partial charge is 0.407 e. The normalized spacial score (nSPS) is 13.8. The number of nitrogens with one attached hydrogen (secondary N) is 1. The molecule has 5 nitrogen and oxygen atoms in total. The van der Waals surface area contributed by atoms with E-state index < -0.39 is 28.9 Å². The predicted molar refractivity (Wildman–Crippen MR) is 97.6 cm³/mol. The number of amides is 1. The van der Waals surface area contributed by atoms with Crippen molar-refractivity contribution < 1.29 is 23.8 Å². The Hall–Kier alpha value is -1.76. The summed E-state index contributed by atoms with van der Waals surface area (Å²) in [6.07, 6.45) is 2.14. The summed E-state index contributed by atoms with van der Waals surface area (Å²) in [5, 5.41) is 12.4. The topological polar surface area (TPSA) is 75.6 Å². The van der Waals surface area contributed by atoms with Gasteiger partial charge in [0, 0.05) is 6.54 Å². The van der Waals surface area contributed by atoms with Crippen LogP contribution in [-0.4, -0.2) is 41.3 Å². The number of hydrogen-bond donors (Lipinski definition) is 2. The van der Waals surface area contributed by atoms with Crippen LogP contribution in [0.5, 0.6) is 0 Å². The number of aliphatic carboxylic acids is 1. The van der Waals surface area contributed by atoms with Crippen molar-refractivity contribution in [2.45, 2.75) is 44.6 Å². The average Bonchev–Trinajstić information content (AvgIpc) is 2.48. The zero-order valence-electron chi connectivity index (χ0n) is 15.1. The monoisotopic (exact) mass is 371 g/mol. The molecule has 0 spiro atoms. The van der Waals surface area contributed by atoms with Crippen molar-refractivity contribution in [2.24, 2.45) is 0 Å². The Morgan fingerprint density at radius 3 is 2.52 bits per heavy atom. The SMILES string of the molecule is CSCCCC(CNC(=O)OC(C)(C)C)(C(=O)O)c1cccc(F)c1. The minimum absolute atomic E-state index is 0.172. The van der Waals surface area contributed by atoms with E-state index in [1.54, 1.807) is 38.6 Å². The molecule has 1 atom stereocenters. The first-order valence-corrected chi connectivity index (χ1v) is 9.45. The number of ether oxygens (including phenoxy) is 1. The molecule has 0 saturated carbocycles. The van der Waals surface area contributed by atoms with E-state index in [0.717, 1.165) is 5.75 Å². The molecule has 25 heavy (non-hydrogen) atoms. The molecule has 0 heterocycles. The molecule has 0 fully saturated rings. The molecule has 1 amide bonds. The van der Waals surface area contributed by atoms with Gasteiger partial charge in [-0.2, -0.15) is 11.8 Å². The minimum Gasteiger partial charge on any atom is -0.481 e. The van der Waals surface area contributed by atoms with Gasteiger partial charge in [0.15, 0.2) is 0 Å². The van der Waals surface area contributed by atoms with E-state index in [-0.39, 0.29) is 13.0 Å². The third kappa shape index (κ3) is 6.57. The lowest BCUT2D eigenvalue weighted by Gasteiger charge is -2.31. The number of hydrogen-bond acceptors (Lipinski definition) is 4. The number of halogens is 1. The fraction of sp³-hybridized carbons (Fsp3) is 0.556. The first-order chi connectivity index (χ1) is 11.6. The van der Waals surface area contributed by atoms with E-state index >= 15 is 0 Å². The molecule has 0 aliphatic carbocycles. The van der Waals surface area contributed by atoms with Crippen molar-refractivity contribution in [3.63, 3.8) is 0 Å². The molecule has 0 aliphatic heterocycles. The van der Waals surface area contributed by atoms with Crippen LogP contribution in [-0.2, 0) is 14.9 Å².